The van der Waals surface area contributed by atoms with Gasteiger partial charge in [-0.1, -0.05) is 0 Å². The highest BCUT2D eigenvalue weighted by molar-refractivity contribution is 5.96. The zero-order chi connectivity index (χ0) is 16.7. The number of rotatable bonds is 4. The highest BCUT2D eigenvalue weighted by Crippen LogP contribution is 2.44. The molecule has 2 aliphatic rings. The second-order valence-corrected chi connectivity index (χ2v) is 6.18. The molecule has 8 nitrogen and oxygen atoms in total. The van der Waals surface area contributed by atoms with Crippen molar-refractivity contribution in [2.75, 3.05) is 6.54 Å². The summed E-state index contributed by atoms with van der Waals surface area (Å²) in [5.41, 5.74) is 1.81. The first-order chi connectivity index (χ1) is 11.6. The van der Waals surface area contributed by atoms with Crippen molar-refractivity contribution in [3.8, 4) is 0 Å². The van der Waals surface area contributed by atoms with E-state index >= 15 is 0 Å². The lowest BCUT2D eigenvalue weighted by Crippen LogP contribution is -2.37. The molecule has 4 rings (SSSR count). The fraction of sp³-hybridized carbons (Fsp3) is 0.375. The molecule has 1 aliphatic heterocycles. The molecule has 2 aromatic rings. The van der Waals surface area contributed by atoms with Gasteiger partial charge in [0.1, 0.15) is 0 Å². The van der Waals surface area contributed by atoms with Crippen LogP contribution in [-0.2, 0) is 18.6 Å². The van der Waals surface area contributed by atoms with E-state index in [1.54, 1.807) is 12.3 Å². The third kappa shape index (κ3) is 2.44. The molecule has 1 saturated carbocycles. The molecule has 0 spiro atoms. The molecular formula is C16H17N5O3. The van der Waals surface area contributed by atoms with E-state index in [9.17, 15) is 9.59 Å². The first kappa shape index (κ1) is 14.8. The van der Waals surface area contributed by atoms with Crippen LogP contribution in [0.25, 0.3) is 0 Å². The Morgan fingerprint density at radius 1 is 1.29 bits per heavy atom. The van der Waals surface area contributed by atoms with Gasteiger partial charge in [0.15, 0.2) is 0 Å². The van der Waals surface area contributed by atoms with Crippen LogP contribution >= 0.6 is 0 Å². The Hall–Kier alpha value is -2.74. The van der Waals surface area contributed by atoms with Crippen LogP contribution in [-0.4, -0.2) is 38.3 Å². The number of nitrogens with zero attached hydrogens (tertiary/aromatic N) is 3. The molecule has 24 heavy (non-hydrogen) atoms. The Balaban J connectivity index is 1.55. The average Bonchev–Trinajstić information content (AvgIpc) is 3.24. The number of pyridine rings is 1. The van der Waals surface area contributed by atoms with Crippen molar-refractivity contribution in [3.63, 3.8) is 0 Å². The van der Waals surface area contributed by atoms with E-state index in [1.165, 1.54) is 12.3 Å². The fourth-order valence-corrected chi connectivity index (χ4v) is 3.03. The monoisotopic (exact) mass is 327 g/mol. The van der Waals surface area contributed by atoms with Gasteiger partial charge in [0.2, 0.25) is 0 Å². The summed E-state index contributed by atoms with van der Waals surface area (Å²) >= 11 is 0. The highest BCUT2D eigenvalue weighted by Gasteiger charge is 2.47. The highest BCUT2D eigenvalue weighted by atomic mass is 16.4. The quantitative estimate of drug-likeness (QED) is 0.754. The summed E-state index contributed by atoms with van der Waals surface area (Å²) in [6.45, 7) is 2.23. The molecule has 1 fully saturated rings. The van der Waals surface area contributed by atoms with Crippen LogP contribution in [0.2, 0.25) is 0 Å². The summed E-state index contributed by atoms with van der Waals surface area (Å²) in [5, 5.41) is 19.5. The molecule has 1 aliphatic carbocycles. The van der Waals surface area contributed by atoms with E-state index < -0.39 is 11.5 Å². The smallest absolute Gasteiger partial charge is 0.337 e. The van der Waals surface area contributed by atoms with Crippen LogP contribution in [0.1, 0.15) is 44.9 Å². The van der Waals surface area contributed by atoms with Gasteiger partial charge >= 0.3 is 5.97 Å². The van der Waals surface area contributed by atoms with Crippen LogP contribution in [0.4, 0.5) is 0 Å². The van der Waals surface area contributed by atoms with Crippen molar-refractivity contribution in [2.24, 2.45) is 0 Å². The maximum atomic E-state index is 12.7. The SMILES string of the molecule is O=C(O)c1ccc(C2(NC(=O)c3cnn4c3CNCC4)CC2)nc1. The molecule has 124 valence electrons. The van der Waals surface area contributed by atoms with Crippen molar-refractivity contribution in [1.29, 1.82) is 0 Å². The number of hydrogen-bond acceptors (Lipinski definition) is 5. The van der Waals surface area contributed by atoms with Crippen molar-refractivity contribution in [1.82, 2.24) is 25.4 Å². The molecule has 3 heterocycles. The van der Waals surface area contributed by atoms with Gasteiger partial charge in [-0.3, -0.25) is 14.5 Å². The lowest BCUT2D eigenvalue weighted by atomic mass is 10.1. The number of aromatic carboxylic acids is 1. The van der Waals surface area contributed by atoms with Gasteiger partial charge in [-0.15, -0.1) is 0 Å². The van der Waals surface area contributed by atoms with Gasteiger partial charge in [-0.2, -0.15) is 5.10 Å². The number of nitrogens with one attached hydrogen (secondary N) is 2. The predicted molar refractivity (Wildman–Crippen MR) is 83.5 cm³/mol. The van der Waals surface area contributed by atoms with E-state index in [0.29, 0.717) is 17.8 Å². The van der Waals surface area contributed by atoms with Crippen LogP contribution in [0.15, 0.2) is 24.5 Å². The van der Waals surface area contributed by atoms with Crippen molar-refractivity contribution < 1.29 is 14.7 Å². The molecule has 3 N–H and O–H groups in total. The maximum Gasteiger partial charge on any atom is 0.337 e. The molecule has 0 saturated heterocycles. The average molecular weight is 327 g/mol. The van der Waals surface area contributed by atoms with Gasteiger partial charge in [-0.05, 0) is 25.0 Å². The lowest BCUT2D eigenvalue weighted by molar-refractivity contribution is 0.0695. The van der Waals surface area contributed by atoms with Crippen molar-refractivity contribution in [3.05, 3.63) is 47.0 Å². The minimum atomic E-state index is -1.01. The lowest BCUT2D eigenvalue weighted by Gasteiger charge is -2.19. The Morgan fingerprint density at radius 2 is 2.12 bits per heavy atom. The summed E-state index contributed by atoms with van der Waals surface area (Å²) in [6, 6.07) is 3.19. The van der Waals surface area contributed by atoms with Crippen molar-refractivity contribution in [2.45, 2.75) is 31.5 Å². The number of amides is 1. The number of carboxylic acid groups (broad SMARTS) is 1. The number of aromatic nitrogens is 3. The minimum Gasteiger partial charge on any atom is -0.478 e. The second-order valence-electron chi connectivity index (χ2n) is 6.18. The Kier molecular flexibility index (Phi) is 3.34. The standard InChI is InChI=1S/C16H17N5O3/c22-14(11-8-19-21-6-5-17-9-12(11)21)20-16(3-4-16)13-2-1-10(7-18-13)15(23)24/h1-2,7-8,17H,3-6,9H2,(H,20,22)(H,23,24). The summed E-state index contributed by atoms with van der Waals surface area (Å²) in [6.07, 6.45) is 4.52. The molecule has 8 heteroatoms. The van der Waals surface area contributed by atoms with Gasteiger partial charge < -0.3 is 15.7 Å². The number of fused-ring (bicyclic) bond motifs is 1. The summed E-state index contributed by atoms with van der Waals surface area (Å²) < 4.78 is 1.85. The Bertz CT molecular complexity index is 808. The zero-order valence-electron chi connectivity index (χ0n) is 13.0. The van der Waals surface area contributed by atoms with Gasteiger partial charge in [-0.25, -0.2) is 4.79 Å². The zero-order valence-corrected chi connectivity index (χ0v) is 13.0. The van der Waals surface area contributed by atoms with E-state index in [1.807, 2.05) is 4.68 Å². The summed E-state index contributed by atoms with van der Waals surface area (Å²) in [7, 11) is 0. The number of carboxylic acids is 1. The Labute approximate surface area is 137 Å². The van der Waals surface area contributed by atoms with Crippen LogP contribution in [0, 0.1) is 0 Å². The number of hydrogen-bond donors (Lipinski definition) is 3. The minimum absolute atomic E-state index is 0.137. The van der Waals surface area contributed by atoms with Crippen LogP contribution in [0.5, 0.6) is 0 Å². The molecule has 0 atom stereocenters. The first-order valence-corrected chi connectivity index (χ1v) is 7.87. The van der Waals surface area contributed by atoms with E-state index in [0.717, 1.165) is 31.6 Å². The van der Waals surface area contributed by atoms with Gasteiger partial charge in [0, 0.05) is 19.3 Å². The third-order valence-corrected chi connectivity index (χ3v) is 4.59. The second kappa shape index (κ2) is 5.41. The predicted octanol–water partition coefficient (Wildman–Crippen LogP) is 0.499. The van der Waals surface area contributed by atoms with Crippen LogP contribution < -0.4 is 10.6 Å². The Morgan fingerprint density at radius 3 is 2.79 bits per heavy atom. The third-order valence-electron chi connectivity index (χ3n) is 4.59. The molecule has 0 radical (unpaired) electrons. The number of carbonyl (C=O) groups is 2. The topological polar surface area (TPSA) is 109 Å². The first-order valence-electron chi connectivity index (χ1n) is 7.87. The van der Waals surface area contributed by atoms with Gasteiger partial charge in [0.05, 0.1) is 40.8 Å². The molecule has 0 bridgehead atoms. The molecule has 1 amide bonds. The van der Waals surface area contributed by atoms with Crippen molar-refractivity contribution >= 4 is 11.9 Å². The number of carbonyl (C=O) groups excluding carboxylic acids is 1. The molecule has 0 aromatic carbocycles. The normalized spacial score (nSPS) is 17.8. The summed E-state index contributed by atoms with van der Waals surface area (Å²) in [4.78, 5) is 27.8. The molecule has 2 aromatic heterocycles. The van der Waals surface area contributed by atoms with Gasteiger partial charge in [0.25, 0.3) is 5.91 Å². The van der Waals surface area contributed by atoms with Crippen LogP contribution in [0.3, 0.4) is 0 Å². The maximum absolute atomic E-state index is 12.7. The molecule has 0 unspecified atom stereocenters. The summed E-state index contributed by atoms with van der Waals surface area (Å²) in [5.74, 6) is -1.18. The van der Waals surface area contributed by atoms with E-state index in [-0.39, 0.29) is 11.5 Å². The largest absolute Gasteiger partial charge is 0.478 e. The molecular weight excluding hydrogens is 310 g/mol. The van der Waals surface area contributed by atoms with E-state index in [4.69, 9.17) is 5.11 Å². The van der Waals surface area contributed by atoms with E-state index in [2.05, 4.69) is 20.7 Å². The fourth-order valence-electron chi connectivity index (χ4n) is 3.03.